The third-order valence-corrected chi connectivity index (χ3v) is 5.78. The van der Waals surface area contributed by atoms with Gasteiger partial charge in [-0.1, -0.05) is 6.07 Å². The van der Waals surface area contributed by atoms with Gasteiger partial charge in [0.2, 0.25) is 10.0 Å². The van der Waals surface area contributed by atoms with Gasteiger partial charge >= 0.3 is 0 Å². The number of H-pyrrole nitrogens is 1. The van der Waals surface area contributed by atoms with E-state index in [0.717, 1.165) is 10.6 Å². The minimum atomic E-state index is -3.19. The van der Waals surface area contributed by atoms with E-state index >= 15 is 0 Å². The number of rotatable bonds is 3. The maximum atomic E-state index is 12.4. The van der Waals surface area contributed by atoms with Crippen molar-refractivity contribution in [3.05, 3.63) is 29.3 Å². The van der Waals surface area contributed by atoms with Gasteiger partial charge in [0.05, 0.1) is 16.8 Å². The van der Waals surface area contributed by atoms with E-state index in [1.807, 2.05) is 17.5 Å². The van der Waals surface area contributed by atoms with E-state index in [1.165, 1.54) is 10.6 Å². The second-order valence-electron chi connectivity index (χ2n) is 5.10. The first-order valence-electron chi connectivity index (χ1n) is 6.79. The topological polar surface area (TPSA) is 86.4 Å². The Morgan fingerprint density at radius 1 is 1.32 bits per heavy atom. The van der Waals surface area contributed by atoms with Gasteiger partial charge in [0.15, 0.2) is 5.69 Å². The van der Waals surface area contributed by atoms with Crippen LogP contribution in [0.2, 0.25) is 0 Å². The molecular formula is C13H16N4O3S2. The highest BCUT2D eigenvalue weighted by molar-refractivity contribution is 7.88. The molecule has 1 saturated heterocycles. The quantitative estimate of drug-likeness (QED) is 0.898. The maximum Gasteiger partial charge on any atom is 0.274 e. The van der Waals surface area contributed by atoms with Crippen LogP contribution >= 0.6 is 11.3 Å². The molecule has 1 aliphatic rings. The van der Waals surface area contributed by atoms with Gasteiger partial charge in [-0.3, -0.25) is 9.89 Å². The number of thiophene rings is 1. The second kappa shape index (κ2) is 5.82. The largest absolute Gasteiger partial charge is 0.335 e. The minimum absolute atomic E-state index is 0.174. The highest BCUT2D eigenvalue weighted by Gasteiger charge is 2.27. The molecule has 1 fully saturated rings. The summed E-state index contributed by atoms with van der Waals surface area (Å²) in [4.78, 5) is 15.1. The molecule has 1 N–H and O–H groups in total. The van der Waals surface area contributed by atoms with Gasteiger partial charge in [-0.2, -0.15) is 9.40 Å². The van der Waals surface area contributed by atoms with E-state index in [2.05, 4.69) is 10.2 Å². The van der Waals surface area contributed by atoms with Gasteiger partial charge in [-0.05, 0) is 17.5 Å². The molecule has 7 nitrogen and oxygen atoms in total. The minimum Gasteiger partial charge on any atom is -0.335 e. The molecule has 9 heteroatoms. The maximum absolute atomic E-state index is 12.4. The summed E-state index contributed by atoms with van der Waals surface area (Å²) in [5, 5.41) is 8.90. The molecule has 0 atom stereocenters. The number of aromatic amines is 1. The number of amides is 1. The summed E-state index contributed by atoms with van der Waals surface area (Å²) < 4.78 is 24.3. The fourth-order valence-corrected chi connectivity index (χ4v) is 3.89. The molecule has 22 heavy (non-hydrogen) atoms. The SMILES string of the molecule is CS(=O)(=O)N1CCN(C(=O)c2cc(-c3cccs3)[nH]n2)CC1. The average Bonchev–Trinajstić information content (AvgIpc) is 3.16. The van der Waals surface area contributed by atoms with Crippen molar-refractivity contribution in [1.29, 1.82) is 0 Å². The molecule has 0 aromatic carbocycles. The Labute approximate surface area is 132 Å². The van der Waals surface area contributed by atoms with Crippen LogP contribution in [-0.2, 0) is 10.0 Å². The van der Waals surface area contributed by atoms with Crippen molar-refractivity contribution in [3.63, 3.8) is 0 Å². The first kappa shape index (κ1) is 15.2. The normalized spacial score (nSPS) is 16.9. The van der Waals surface area contributed by atoms with E-state index in [4.69, 9.17) is 0 Å². The summed E-state index contributed by atoms with van der Waals surface area (Å²) in [5.41, 5.74) is 1.17. The Morgan fingerprint density at radius 3 is 2.64 bits per heavy atom. The molecule has 0 unspecified atom stereocenters. The number of piperazine rings is 1. The predicted octanol–water partition coefficient (Wildman–Crippen LogP) is 0.856. The van der Waals surface area contributed by atoms with Crippen LogP contribution in [0.15, 0.2) is 23.6 Å². The standard InChI is InChI=1S/C13H16N4O3S2/c1-22(19,20)17-6-4-16(5-7-17)13(18)11-9-10(14-15-11)12-3-2-8-21-12/h2-3,8-9H,4-7H2,1H3,(H,14,15). The summed E-state index contributed by atoms with van der Waals surface area (Å²) >= 11 is 1.57. The number of nitrogens with one attached hydrogen (secondary N) is 1. The molecule has 118 valence electrons. The first-order chi connectivity index (χ1) is 10.4. The van der Waals surface area contributed by atoms with E-state index in [1.54, 1.807) is 22.3 Å². The summed E-state index contributed by atoms with van der Waals surface area (Å²) in [6.45, 7) is 1.42. The lowest BCUT2D eigenvalue weighted by molar-refractivity contribution is 0.0692. The number of carbonyl (C=O) groups excluding carboxylic acids is 1. The van der Waals surface area contributed by atoms with Gasteiger partial charge in [-0.25, -0.2) is 8.42 Å². The Morgan fingerprint density at radius 2 is 2.05 bits per heavy atom. The lowest BCUT2D eigenvalue weighted by Crippen LogP contribution is -2.50. The van der Waals surface area contributed by atoms with Crippen LogP contribution < -0.4 is 0 Å². The van der Waals surface area contributed by atoms with Crippen LogP contribution in [0.25, 0.3) is 10.6 Å². The van der Waals surface area contributed by atoms with Gasteiger partial charge in [0.1, 0.15) is 0 Å². The van der Waals surface area contributed by atoms with Crippen LogP contribution in [0.4, 0.5) is 0 Å². The van der Waals surface area contributed by atoms with Gasteiger partial charge < -0.3 is 4.90 Å². The third-order valence-electron chi connectivity index (χ3n) is 3.58. The molecule has 0 radical (unpaired) electrons. The van der Waals surface area contributed by atoms with Crippen molar-refractivity contribution in [2.75, 3.05) is 32.4 Å². The zero-order chi connectivity index (χ0) is 15.7. The van der Waals surface area contributed by atoms with E-state index in [0.29, 0.717) is 31.9 Å². The summed E-state index contributed by atoms with van der Waals surface area (Å²) in [7, 11) is -3.19. The van der Waals surface area contributed by atoms with E-state index in [-0.39, 0.29) is 5.91 Å². The molecule has 0 saturated carbocycles. The van der Waals surface area contributed by atoms with Gasteiger partial charge in [0, 0.05) is 26.2 Å². The number of nitrogens with zero attached hydrogens (tertiary/aromatic N) is 3. The van der Waals surface area contributed by atoms with Gasteiger partial charge in [0.25, 0.3) is 5.91 Å². The molecule has 3 rings (SSSR count). The number of hydrogen-bond donors (Lipinski definition) is 1. The van der Waals surface area contributed by atoms with Gasteiger partial charge in [-0.15, -0.1) is 11.3 Å². The molecule has 2 aromatic heterocycles. The first-order valence-corrected chi connectivity index (χ1v) is 9.51. The molecule has 0 spiro atoms. The third kappa shape index (κ3) is 3.06. The molecule has 1 aliphatic heterocycles. The Kier molecular flexibility index (Phi) is 4.02. The molecular weight excluding hydrogens is 324 g/mol. The zero-order valence-electron chi connectivity index (χ0n) is 12.0. The number of aromatic nitrogens is 2. The lowest BCUT2D eigenvalue weighted by atomic mass is 10.2. The van der Waals surface area contributed by atoms with Crippen molar-refractivity contribution in [3.8, 4) is 10.6 Å². The fourth-order valence-electron chi connectivity index (χ4n) is 2.37. The predicted molar refractivity (Wildman–Crippen MR) is 84.2 cm³/mol. The van der Waals surface area contributed by atoms with Crippen molar-refractivity contribution >= 4 is 27.3 Å². The van der Waals surface area contributed by atoms with Crippen LogP contribution in [0.1, 0.15) is 10.5 Å². The highest BCUT2D eigenvalue weighted by atomic mass is 32.2. The summed E-state index contributed by atoms with van der Waals surface area (Å²) in [5.74, 6) is -0.174. The fraction of sp³-hybridized carbons (Fsp3) is 0.385. The number of sulfonamides is 1. The van der Waals surface area contributed by atoms with Crippen LogP contribution in [0, 0.1) is 0 Å². The second-order valence-corrected chi connectivity index (χ2v) is 8.03. The van der Waals surface area contributed by atoms with Crippen molar-refractivity contribution in [2.45, 2.75) is 0 Å². The average molecular weight is 340 g/mol. The molecule has 3 heterocycles. The van der Waals surface area contributed by atoms with Crippen LogP contribution in [0.5, 0.6) is 0 Å². The lowest BCUT2D eigenvalue weighted by Gasteiger charge is -2.32. The number of carbonyl (C=O) groups is 1. The van der Waals surface area contributed by atoms with Crippen LogP contribution in [-0.4, -0.2) is 66.2 Å². The van der Waals surface area contributed by atoms with E-state index < -0.39 is 10.0 Å². The molecule has 2 aromatic rings. The van der Waals surface area contributed by atoms with Crippen molar-refractivity contribution in [1.82, 2.24) is 19.4 Å². The monoisotopic (exact) mass is 340 g/mol. The van der Waals surface area contributed by atoms with E-state index in [9.17, 15) is 13.2 Å². The molecule has 0 bridgehead atoms. The highest BCUT2D eigenvalue weighted by Crippen LogP contribution is 2.23. The Balaban J connectivity index is 1.68. The summed E-state index contributed by atoms with van der Waals surface area (Å²) in [6, 6.07) is 5.63. The van der Waals surface area contributed by atoms with Crippen molar-refractivity contribution in [2.24, 2.45) is 0 Å². The zero-order valence-corrected chi connectivity index (χ0v) is 13.7. The summed E-state index contributed by atoms with van der Waals surface area (Å²) in [6.07, 6.45) is 1.19. The smallest absolute Gasteiger partial charge is 0.274 e. The van der Waals surface area contributed by atoms with Crippen LogP contribution in [0.3, 0.4) is 0 Å². The Bertz CT molecular complexity index is 759. The van der Waals surface area contributed by atoms with Crippen molar-refractivity contribution < 1.29 is 13.2 Å². The Hall–Kier alpha value is -1.71. The molecule has 0 aliphatic carbocycles. The number of hydrogen-bond acceptors (Lipinski definition) is 5. The molecule has 1 amide bonds.